The number of ether oxygens (including phenoxy) is 3. The van der Waals surface area contributed by atoms with E-state index in [-0.39, 0.29) is 0 Å². The molecule has 0 saturated heterocycles. The van der Waals surface area contributed by atoms with Crippen LogP contribution in [0.5, 0.6) is 17.4 Å². The Kier molecular flexibility index (Phi) is 6.23. The Hall–Kier alpha value is -2.27. The maximum atomic E-state index is 5.34. The Bertz CT molecular complexity index is 614. The monoisotopic (exact) mass is 316 g/mol. The number of nitrogens with zero attached hydrogens (tertiary/aromatic N) is 1. The normalized spacial score (nSPS) is 11.8. The van der Waals surface area contributed by atoms with Crippen LogP contribution in [0.3, 0.4) is 0 Å². The second kappa shape index (κ2) is 8.39. The maximum absolute atomic E-state index is 5.34. The molecule has 5 nitrogen and oxygen atoms in total. The van der Waals surface area contributed by atoms with Gasteiger partial charge in [-0.05, 0) is 36.6 Å². The van der Waals surface area contributed by atoms with Crippen molar-refractivity contribution in [1.82, 2.24) is 10.3 Å². The number of methoxy groups -OCH3 is 3. The summed E-state index contributed by atoms with van der Waals surface area (Å²) < 4.78 is 15.7. The van der Waals surface area contributed by atoms with Crippen LogP contribution in [0, 0.1) is 0 Å². The zero-order chi connectivity index (χ0) is 16.7. The van der Waals surface area contributed by atoms with Gasteiger partial charge in [0.1, 0.15) is 0 Å². The van der Waals surface area contributed by atoms with Crippen molar-refractivity contribution in [2.75, 3.05) is 21.3 Å². The number of aromatic nitrogens is 1. The highest BCUT2D eigenvalue weighted by molar-refractivity contribution is 5.43. The fourth-order valence-corrected chi connectivity index (χ4v) is 2.36. The van der Waals surface area contributed by atoms with Crippen molar-refractivity contribution >= 4 is 0 Å². The number of rotatable bonds is 8. The Balaban J connectivity index is 1.89. The molecule has 1 aromatic heterocycles. The molecule has 1 heterocycles. The van der Waals surface area contributed by atoms with E-state index in [0.29, 0.717) is 11.9 Å². The van der Waals surface area contributed by atoms with Crippen LogP contribution >= 0.6 is 0 Å². The summed E-state index contributed by atoms with van der Waals surface area (Å²) in [5.41, 5.74) is 2.33. The molecule has 0 radical (unpaired) electrons. The third-order valence-corrected chi connectivity index (χ3v) is 3.65. The minimum Gasteiger partial charge on any atom is -0.493 e. The summed E-state index contributed by atoms with van der Waals surface area (Å²) >= 11 is 0. The third kappa shape index (κ3) is 4.86. The van der Waals surface area contributed by atoms with E-state index >= 15 is 0 Å². The molecule has 1 atom stereocenters. The van der Waals surface area contributed by atoms with Crippen LogP contribution in [0.2, 0.25) is 0 Å². The fourth-order valence-electron chi connectivity index (χ4n) is 2.36. The lowest BCUT2D eigenvalue weighted by Gasteiger charge is -2.15. The average Bonchev–Trinajstić information content (AvgIpc) is 2.60. The van der Waals surface area contributed by atoms with Crippen LogP contribution in [0.15, 0.2) is 36.5 Å². The third-order valence-electron chi connectivity index (χ3n) is 3.65. The van der Waals surface area contributed by atoms with Gasteiger partial charge in [-0.15, -0.1) is 0 Å². The van der Waals surface area contributed by atoms with Gasteiger partial charge in [0.15, 0.2) is 11.5 Å². The Morgan fingerprint density at radius 1 is 0.957 bits per heavy atom. The smallest absolute Gasteiger partial charge is 0.212 e. The van der Waals surface area contributed by atoms with Gasteiger partial charge in [0, 0.05) is 24.8 Å². The number of benzene rings is 1. The van der Waals surface area contributed by atoms with Crippen LogP contribution in [0.25, 0.3) is 0 Å². The molecule has 0 bridgehead atoms. The van der Waals surface area contributed by atoms with Gasteiger partial charge < -0.3 is 19.5 Å². The van der Waals surface area contributed by atoms with Gasteiger partial charge in [0.25, 0.3) is 0 Å². The summed E-state index contributed by atoms with van der Waals surface area (Å²) in [6, 6.07) is 10.2. The van der Waals surface area contributed by atoms with Crippen molar-refractivity contribution in [3.8, 4) is 17.4 Å². The summed E-state index contributed by atoms with van der Waals surface area (Å²) in [4.78, 5) is 4.21. The molecule has 1 unspecified atom stereocenters. The van der Waals surface area contributed by atoms with Gasteiger partial charge in [-0.3, -0.25) is 0 Å². The Morgan fingerprint density at radius 2 is 1.70 bits per heavy atom. The zero-order valence-electron chi connectivity index (χ0n) is 14.1. The van der Waals surface area contributed by atoms with E-state index in [2.05, 4.69) is 23.3 Å². The Labute approximate surface area is 137 Å². The number of hydrogen-bond donors (Lipinski definition) is 1. The molecular weight excluding hydrogens is 292 g/mol. The molecular formula is C18H24N2O3. The Morgan fingerprint density at radius 3 is 2.30 bits per heavy atom. The highest BCUT2D eigenvalue weighted by Gasteiger charge is 2.08. The minimum absolute atomic E-state index is 0.329. The molecule has 0 fully saturated rings. The van der Waals surface area contributed by atoms with Crippen molar-refractivity contribution < 1.29 is 14.2 Å². The van der Waals surface area contributed by atoms with E-state index in [1.807, 2.05) is 30.5 Å². The molecule has 0 spiro atoms. The summed E-state index contributed by atoms with van der Waals surface area (Å²) in [5, 5.41) is 3.50. The molecule has 23 heavy (non-hydrogen) atoms. The van der Waals surface area contributed by atoms with Gasteiger partial charge in [-0.2, -0.15) is 0 Å². The molecule has 0 amide bonds. The molecule has 0 aliphatic rings. The predicted molar refractivity (Wildman–Crippen MR) is 90.3 cm³/mol. The quantitative estimate of drug-likeness (QED) is 0.811. The second-order valence-electron chi connectivity index (χ2n) is 5.38. The minimum atomic E-state index is 0.329. The summed E-state index contributed by atoms with van der Waals surface area (Å²) in [6.45, 7) is 2.93. The van der Waals surface area contributed by atoms with E-state index in [1.54, 1.807) is 21.3 Å². The molecule has 2 aromatic rings. The molecule has 2 rings (SSSR count). The number of nitrogens with one attached hydrogen (secondary N) is 1. The summed E-state index contributed by atoms with van der Waals surface area (Å²) in [5.74, 6) is 2.14. The van der Waals surface area contributed by atoms with Crippen LogP contribution in [0.4, 0.5) is 0 Å². The topological polar surface area (TPSA) is 52.6 Å². The van der Waals surface area contributed by atoms with Crippen LogP contribution in [0.1, 0.15) is 18.1 Å². The molecule has 0 aliphatic carbocycles. The first-order valence-electron chi connectivity index (χ1n) is 7.59. The SMILES string of the molecule is COc1ccc(CNC(C)Cc2ccc(OC)c(OC)c2)cn1. The predicted octanol–water partition coefficient (Wildman–Crippen LogP) is 2.83. The molecule has 1 N–H and O–H groups in total. The largest absolute Gasteiger partial charge is 0.493 e. The highest BCUT2D eigenvalue weighted by atomic mass is 16.5. The molecule has 124 valence electrons. The van der Waals surface area contributed by atoms with Crippen LogP contribution in [-0.2, 0) is 13.0 Å². The number of pyridine rings is 1. The lowest BCUT2D eigenvalue weighted by Crippen LogP contribution is -2.27. The summed E-state index contributed by atoms with van der Waals surface area (Å²) in [7, 11) is 4.91. The van der Waals surface area contributed by atoms with Crippen molar-refractivity contribution in [1.29, 1.82) is 0 Å². The lowest BCUT2D eigenvalue weighted by molar-refractivity contribution is 0.354. The fraction of sp³-hybridized carbons (Fsp3) is 0.389. The highest BCUT2D eigenvalue weighted by Crippen LogP contribution is 2.27. The maximum Gasteiger partial charge on any atom is 0.212 e. The van der Waals surface area contributed by atoms with Crippen molar-refractivity contribution in [3.63, 3.8) is 0 Å². The van der Waals surface area contributed by atoms with Gasteiger partial charge >= 0.3 is 0 Å². The van der Waals surface area contributed by atoms with Crippen LogP contribution in [-0.4, -0.2) is 32.4 Å². The van der Waals surface area contributed by atoms with Crippen molar-refractivity contribution in [2.45, 2.75) is 25.9 Å². The molecule has 5 heteroatoms. The van der Waals surface area contributed by atoms with Crippen molar-refractivity contribution in [2.24, 2.45) is 0 Å². The zero-order valence-corrected chi connectivity index (χ0v) is 14.1. The summed E-state index contributed by atoms with van der Waals surface area (Å²) in [6.07, 6.45) is 2.74. The lowest BCUT2D eigenvalue weighted by atomic mass is 10.1. The van der Waals surface area contributed by atoms with Gasteiger partial charge in [-0.1, -0.05) is 12.1 Å². The van der Waals surface area contributed by atoms with Gasteiger partial charge in [-0.25, -0.2) is 4.98 Å². The van der Waals surface area contributed by atoms with Gasteiger partial charge in [0.05, 0.1) is 21.3 Å². The number of hydrogen-bond acceptors (Lipinski definition) is 5. The second-order valence-corrected chi connectivity index (χ2v) is 5.38. The molecule has 0 aliphatic heterocycles. The first-order chi connectivity index (χ1) is 11.2. The molecule has 0 saturated carbocycles. The van der Waals surface area contributed by atoms with E-state index in [9.17, 15) is 0 Å². The molecule has 1 aromatic carbocycles. The first kappa shape index (κ1) is 17.1. The van der Waals surface area contributed by atoms with Gasteiger partial charge in [0.2, 0.25) is 5.88 Å². The van der Waals surface area contributed by atoms with E-state index in [4.69, 9.17) is 14.2 Å². The van der Waals surface area contributed by atoms with Crippen molar-refractivity contribution in [3.05, 3.63) is 47.7 Å². The van der Waals surface area contributed by atoms with E-state index in [0.717, 1.165) is 30.0 Å². The average molecular weight is 316 g/mol. The first-order valence-corrected chi connectivity index (χ1v) is 7.59. The van der Waals surface area contributed by atoms with Crippen LogP contribution < -0.4 is 19.5 Å². The standard InChI is InChI=1S/C18H24N2O3/c1-13(19-11-15-6-8-18(23-4)20-12-15)9-14-5-7-16(21-2)17(10-14)22-3/h5-8,10,12-13,19H,9,11H2,1-4H3. The van der Waals surface area contributed by atoms with E-state index in [1.165, 1.54) is 5.56 Å². The van der Waals surface area contributed by atoms with E-state index < -0.39 is 0 Å².